The second kappa shape index (κ2) is 8.69. The molecule has 154 valence electrons. The van der Waals surface area contributed by atoms with E-state index in [9.17, 15) is 4.79 Å². The Hall–Kier alpha value is -2.81. The first-order valence-electron chi connectivity index (χ1n) is 9.40. The summed E-state index contributed by atoms with van der Waals surface area (Å²) in [5.41, 5.74) is 3.00. The Balaban J connectivity index is 1.75. The lowest BCUT2D eigenvalue weighted by molar-refractivity contribution is 0.0636. The Morgan fingerprint density at radius 2 is 2.07 bits per heavy atom. The molecule has 9 heteroatoms. The molecular weight excluding hydrogens is 388 g/mol. The summed E-state index contributed by atoms with van der Waals surface area (Å²) in [7, 11) is 0. The number of aromatic nitrogens is 4. The molecule has 2 heterocycles. The molecule has 2 aromatic heterocycles. The van der Waals surface area contributed by atoms with Crippen molar-refractivity contribution in [2.24, 2.45) is 0 Å². The summed E-state index contributed by atoms with van der Waals surface area (Å²) >= 11 is 1.49. The second-order valence-corrected chi connectivity index (χ2v) is 8.25. The number of hydrogen-bond donors (Lipinski definition) is 2. The molecule has 0 radical (unpaired) electrons. The van der Waals surface area contributed by atoms with Crippen LogP contribution in [0.3, 0.4) is 0 Å². The zero-order valence-corrected chi connectivity index (χ0v) is 18.1. The quantitative estimate of drug-likeness (QED) is 0.579. The number of anilines is 2. The molecular formula is C20H26N6O2S. The Morgan fingerprint density at radius 1 is 1.28 bits per heavy atom. The van der Waals surface area contributed by atoms with Gasteiger partial charge in [0.2, 0.25) is 5.95 Å². The van der Waals surface area contributed by atoms with Gasteiger partial charge in [0.15, 0.2) is 10.8 Å². The maximum atomic E-state index is 12.0. The molecule has 0 bridgehead atoms. The van der Waals surface area contributed by atoms with E-state index in [1.807, 2.05) is 57.5 Å². The van der Waals surface area contributed by atoms with Crippen LogP contribution in [-0.4, -0.2) is 37.5 Å². The molecule has 3 rings (SSSR count). The smallest absolute Gasteiger partial charge is 0.412 e. The molecule has 0 atom stereocenters. The molecule has 3 aromatic rings. The molecule has 0 saturated carbocycles. The van der Waals surface area contributed by atoms with Gasteiger partial charge in [-0.1, -0.05) is 30.8 Å². The number of ether oxygens (including phenoxy) is 1. The summed E-state index contributed by atoms with van der Waals surface area (Å²) < 4.78 is 7.02. The van der Waals surface area contributed by atoms with Crippen LogP contribution in [0, 0.1) is 0 Å². The summed E-state index contributed by atoms with van der Waals surface area (Å²) in [6, 6.07) is 7.58. The third kappa shape index (κ3) is 5.38. The zero-order chi connectivity index (χ0) is 21.0. The zero-order valence-electron chi connectivity index (χ0n) is 17.3. The number of hydrogen-bond acceptors (Lipinski definition) is 7. The van der Waals surface area contributed by atoms with E-state index in [-0.39, 0.29) is 0 Å². The average Bonchev–Trinajstić information content (AvgIpc) is 3.07. The van der Waals surface area contributed by atoms with Gasteiger partial charge >= 0.3 is 6.09 Å². The van der Waals surface area contributed by atoms with Crippen LogP contribution in [0.5, 0.6) is 0 Å². The van der Waals surface area contributed by atoms with Crippen molar-refractivity contribution < 1.29 is 9.53 Å². The van der Waals surface area contributed by atoms with Crippen molar-refractivity contribution in [3.05, 3.63) is 41.6 Å². The monoisotopic (exact) mass is 414 g/mol. The van der Waals surface area contributed by atoms with Crippen LogP contribution < -0.4 is 10.6 Å². The fourth-order valence-electron chi connectivity index (χ4n) is 2.72. The highest BCUT2D eigenvalue weighted by Gasteiger charge is 2.16. The number of aryl methyl sites for hydroxylation is 1. The predicted molar refractivity (Wildman–Crippen MR) is 116 cm³/mol. The first-order chi connectivity index (χ1) is 13.8. The molecule has 0 unspecified atom stereocenters. The van der Waals surface area contributed by atoms with E-state index in [0.717, 1.165) is 23.2 Å². The first-order valence-corrected chi connectivity index (χ1v) is 10.6. The minimum Gasteiger partial charge on any atom is -0.444 e. The molecule has 1 aromatic carbocycles. The number of carbonyl (C=O) groups excluding carboxylic acids is 1. The van der Waals surface area contributed by atoms with Crippen molar-refractivity contribution in [1.82, 2.24) is 19.6 Å². The van der Waals surface area contributed by atoms with Crippen LogP contribution in [0.2, 0.25) is 0 Å². The number of amides is 1. The van der Waals surface area contributed by atoms with Crippen LogP contribution in [0.1, 0.15) is 38.8 Å². The molecule has 29 heavy (non-hydrogen) atoms. The predicted octanol–water partition coefficient (Wildman–Crippen LogP) is 4.37. The maximum Gasteiger partial charge on any atom is 0.412 e. The van der Waals surface area contributed by atoms with E-state index < -0.39 is 11.7 Å². The standard InChI is InChI=1S/C20H26N6O2S/c1-6-14-12-22-26-16(14)24-18(29-5)25-17(26)21-11-13-8-7-9-15(10-13)23-19(27)28-20(2,3)4/h7-10,12H,6,11H2,1-5H3,(H,23,27)(H,21,24,25). The van der Waals surface area contributed by atoms with Crippen LogP contribution >= 0.6 is 11.8 Å². The van der Waals surface area contributed by atoms with Crippen molar-refractivity contribution in [2.45, 2.75) is 51.4 Å². The van der Waals surface area contributed by atoms with Gasteiger partial charge in [0.25, 0.3) is 0 Å². The van der Waals surface area contributed by atoms with Crippen molar-refractivity contribution in [1.29, 1.82) is 0 Å². The van der Waals surface area contributed by atoms with E-state index in [0.29, 0.717) is 23.3 Å². The van der Waals surface area contributed by atoms with E-state index in [1.54, 1.807) is 4.52 Å². The Labute approximate surface area is 174 Å². The summed E-state index contributed by atoms with van der Waals surface area (Å²) in [6.45, 7) is 8.09. The molecule has 8 nitrogen and oxygen atoms in total. The van der Waals surface area contributed by atoms with Gasteiger partial charge in [-0.05, 0) is 51.1 Å². The van der Waals surface area contributed by atoms with Crippen molar-refractivity contribution in [3.63, 3.8) is 0 Å². The minimum atomic E-state index is -0.544. The normalized spacial score (nSPS) is 11.5. The molecule has 0 aliphatic heterocycles. The fraction of sp³-hybridized carbons (Fsp3) is 0.400. The van der Waals surface area contributed by atoms with Gasteiger partial charge in [-0.2, -0.15) is 14.6 Å². The summed E-state index contributed by atoms with van der Waals surface area (Å²) in [4.78, 5) is 21.1. The van der Waals surface area contributed by atoms with Crippen LogP contribution in [-0.2, 0) is 17.7 Å². The largest absolute Gasteiger partial charge is 0.444 e. The van der Waals surface area contributed by atoms with E-state index in [1.165, 1.54) is 11.8 Å². The number of thioether (sulfide) groups is 1. The Morgan fingerprint density at radius 3 is 2.76 bits per heavy atom. The molecule has 0 saturated heterocycles. The van der Waals surface area contributed by atoms with Gasteiger partial charge < -0.3 is 10.1 Å². The van der Waals surface area contributed by atoms with Crippen molar-refractivity contribution in [3.8, 4) is 0 Å². The molecule has 0 aliphatic carbocycles. The highest BCUT2D eigenvalue weighted by molar-refractivity contribution is 7.98. The first kappa shape index (κ1) is 20.9. The third-order valence-electron chi connectivity index (χ3n) is 4.01. The summed E-state index contributed by atoms with van der Waals surface area (Å²) in [5.74, 6) is 0.629. The average molecular weight is 415 g/mol. The Bertz CT molecular complexity index is 1010. The minimum absolute atomic E-state index is 0.478. The highest BCUT2D eigenvalue weighted by atomic mass is 32.2. The third-order valence-corrected chi connectivity index (χ3v) is 4.55. The van der Waals surface area contributed by atoms with Crippen LogP contribution in [0.25, 0.3) is 5.65 Å². The lowest BCUT2D eigenvalue weighted by atomic mass is 10.2. The lowest BCUT2D eigenvalue weighted by Gasteiger charge is -2.19. The number of benzene rings is 1. The molecule has 1 amide bonds. The Kier molecular flexibility index (Phi) is 6.26. The van der Waals surface area contributed by atoms with E-state index in [2.05, 4.69) is 32.6 Å². The van der Waals surface area contributed by atoms with Crippen LogP contribution in [0.4, 0.5) is 16.4 Å². The van der Waals surface area contributed by atoms with Gasteiger partial charge in [0, 0.05) is 17.8 Å². The van der Waals surface area contributed by atoms with Gasteiger partial charge in [0.05, 0.1) is 6.20 Å². The molecule has 0 fully saturated rings. The molecule has 0 aliphatic rings. The lowest BCUT2D eigenvalue weighted by Crippen LogP contribution is -2.27. The summed E-state index contributed by atoms with van der Waals surface area (Å²) in [6.07, 6.45) is 4.15. The van der Waals surface area contributed by atoms with Crippen molar-refractivity contribution in [2.75, 3.05) is 16.9 Å². The van der Waals surface area contributed by atoms with E-state index in [4.69, 9.17) is 4.74 Å². The van der Waals surface area contributed by atoms with Gasteiger partial charge in [-0.3, -0.25) is 5.32 Å². The number of carbonyl (C=O) groups is 1. The van der Waals surface area contributed by atoms with Gasteiger partial charge in [0.1, 0.15) is 5.60 Å². The number of nitrogens with zero attached hydrogens (tertiary/aromatic N) is 4. The maximum absolute atomic E-state index is 12.0. The second-order valence-electron chi connectivity index (χ2n) is 7.47. The molecule has 0 spiro atoms. The number of rotatable bonds is 6. The topological polar surface area (TPSA) is 93.4 Å². The van der Waals surface area contributed by atoms with E-state index >= 15 is 0 Å². The molecule has 2 N–H and O–H groups in total. The van der Waals surface area contributed by atoms with Gasteiger partial charge in [-0.25, -0.2) is 9.78 Å². The number of fused-ring (bicyclic) bond motifs is 1. The van der Waals surface area contributed by atoms with Crippen LogP contribution in [0.15, 0.2) is 35.6 Å². The highest BCUT2D eigenvalue weighted by Crippen LogP contribution is 2.19. The van der Waals surface area contributed by atoms with Gasteiger partial charge in [-0.15, -0.1) is 0 Å². The summed E-state index contributed by atoms with van der Waals surface area (Å²) in [5, 5.41) is 11.2. The SMILES string of the molecule is CCc1cnn2c(NCc3cccc(NC(=O)OC(C)(C)C)c3)nc(SC)nc12. The number of nitrogens with one attached hydrogen (secondary N) is 2. The van der Waals surface area contributed by atoms with Crippen molar-refractivity contribution >= 4 is 35.1 Å². The fourth-order valence-corrected chi connectivity index (χ4v) is 3.08.